The monoisotopic (exact) mass is 169 g/mol. The van der Waals surface area contributed by atoms with E-state index in [1.807, 2.05) is 0 Å². The van der Waals surface area contributed by atoms with E-state index in [1.165, 1.54) is 0 Å². The van der Waals surface area contributed by atoms with Crippen LogP contribution in [0, 0.1) is 5.92 Å². The Balaban J connectivity index is 2.87. The van der Waals surface area contributed by atoms with Gasteiger partial charge >= 0.3 is 0 Å². The van der Waals surface area contributed by atoms with Crippen molar-refractivity contribution in [2.24, 2.45) is 5.92 Å². The first-order valence-corrected chi connectivity index (χ1v) is 4.20. The van der Waals surface area contributed by atoms with Crippen LogP contribution in [0.25, 0.3) is 0 Å². The van der Waals surface area contributed by atoms with Gasteiger partial charge in [-0.05, 0) is 22.8 Å². The van der Waals surface area contributed by atoms with Crippen LogP contribution in [0.3, 0.4) is 0 Å². The molecule has 0 aliphatic carbocycles. The molecule has 0 spiro atoms. The van der Waals surface area contributed by atoms with Gasteiger partial charge in [0.25, 0.3) is 0 Å². The zero-order valence-corrected chi connectivity index (χ0v) is 7.73. The van der Waals surface area contributed by atoms with Crippen molar-refractivity contribution in [1.29, 1.82) is 0 Å². The van der Waals surface area contributed by atoms with Gasteiger partial charge in [0.05, 0.1) is 6.04 Å². The van der Waals surface area contributed by atoms with Crippen LogP contribution < -0.4 is 5.73 Å². The summed E-state index contributed by atoms with van der Waals surface area (Å²) in [5.74, 6) is 0.899. The minimum absolute atomic E-state index is 0.306. The van der Waals surface area contributed by atoms with Gasteiger partial charge in [0.1, 0.15) is 0 Å². The molecule has 1 rings (SSSR count). The maximum atomic E-state index is 5.58. The van der Waals surface area contributed by atoms with Crippen LogP contribution in [0.2, 0.25) is 0 Å². The van der Waals surface area contributed by atoms with Gasteiger partial charge in [-0.2, -0.15) is 0 Å². The Morgan fingerprint density at radius 2 is 2.17 bits per heavy atom. The summed E-state index contributed by atoms with van der Waals surface area (Å²) in [6.45, 7) is 6.37. The van der Waals surface area contributed by atoms with Crippen molar-refractivity contribution >= 4 is 5.95 Å². The highest BCUT2D eigenvalue weighted by atomic mass is 15.6. The summed E-state index contributed by atoms with van der Waals surface area (Å²) in [6, 6.07) is 0.306. The molecule has 0 amide bonds. The van der Waals surface area contributed by atoms with Crippen molar-refractivity contribution in [3.63, 3.8) is 0 Å². The third-order valence-corrected chi connectivity index (χ3v) is 2.02. The molecule has 5 nitrogen and oxygen atoms in total. The maximum Gasteiger partial charge on any atom is 0.240 e. The molecule has 0 saturated carbocycles. The second-order valence-electron chi connectivity index (χ2n) is 3.20. The van der Waals surface area contributed by atoms with Crippen LogP contribution >= 0.6 is 0 Å². The van der Waals surface area contributed by atoms with E-state index in [4.69, 9.17) is 5.73 Å². The highest BCUT2D eigenvalue weighted by Gasteiger charge is 2.16. The van der Waals surface area contributed by atoms with Crippen molar-refractivity contribution in [3.05, 3.63) is 0 Å². The fourth-order valence-corrected chi connectivity index (χ4v) is 1.36. The van der Waals surface area contributed by atoms with Crippen LogP contribution in [0.1, 0.15) is 33.2 Å². The van der Waals surface area contributed by atoms with Crippen LogP contribution in [-0.4, -0.2) is 20.2 Å². The summed E-state index contributed by atoms with van der Waals surface area (Å²) in [4.78, 5) is 0. The zero-order chi connectivity index (χ0) is 9.14. The molecule has 0 aliphatic rings. The molecule has 2 N–H and O–H groups in total. The lowest BCUT2D eigenvalue weighted by Gasteiger charge is -2.18. The Morgan fingerprint density at radius 3 is 2.50 bits per heavy atom. The molecule has 0 bridgehead atoms. The van der Waals surface area contributed by atoms with E-state index in [2.05, 4.69) is 36.3 Å². The molecule has 1 unspecified atom stereocenters. The van der Waals surface area contributed by atoms with Gasteiger partial charge in [-0.25, -0.2) is 4.68 Å². The largest absolute Gasteiger partial charge is 0.367 e. The number of nitrogens with zero attached hydrogens (tertiary/aromatic N) is 4. The zero-order valence-electron chi connectivity index (χ0n) is 7.73. The number of nitrogen functional groups attached to an aromatic ring is 1. The highest BCUT2D eigenvalue weighted by Crippen LogP contribution is 2.21. The number of aromatic nitrogens is 4. The molecule has 68 valence electrons. The first-order chi connectivity index (χ1) is 5.66. The number of tetrazole rings is 1. The first kappa shape index (κ1) is 8.96. The van der Waals surface area contributed by atoms with Gasteiger partial charge in [-0.3, -0.25) is 0 Å². The van der Waals surface area contributed by atoms with Crippen LogP contribution in [0.5, 0.6) is 0 Å². The van der Waals surface area contributed by atoms with E-state index in [0.717, 1.165) is 6.42 Å². The summed E-state index contributed by atoms with van der Waals surface area (Å²) in [5, 5.41) is 11.0. The third kappa shape index (κ3) is 1.54. The van der Waals surface area contributed by atoms with Crippen molar-refractivity contribution in [1.82, 2.24) is 20.2 Å². The molecule has 1 atom stereocenters. The quantitative estimate of drug-likeness (QED) is 0.728. The molecule has 1 aromatic rings. The van der Waals surface area contributed by atoms with E-state index in [0.29, 0.717) is 17.9 Å². The molecular weight excluding hydrogens is 154 g/mol. The highest BCUT2D eigenvalue weighted by molar-refractivity contribution is 5.11. The molecule has 0 aromatic carbocycles. The van der Waals surface area contributed by atoms with Crippen molar-refractivity contribution < 1.29 is 0 Å². The number of nitrogens with two attached hydrogens (primary N) is 1. The maximum absolute atomic E-state index is 5.58. The Morgan fingerprint density at radius 1 is 1.50 bits per heavy atom. The number of anilines is 1. The fraction of sp³-hybridized carbons (Fsp3) is 0.857. The molecular formula is C7H15N5. The Kier molecular flexibility index (Phi) is 2.62. The minimum Gasteiger partial charge on any atom is -0.367 e. The smallest absolute Gasteiger partial charge is 0.240 e. The summed E-state index contributed by atoms with van der Waals surface area (Å²) in [7, 11) is 0. The summed E-state index contributed by atoms with van der Waals surface area (Å²) < 4.78 is 1.69. The topological polar surface area (TPSA) is 69.6 Å². The molecule has 5 heteroatoms. The standard InChI is InChI=1S/C7H15N5/c1-4-6(5(2)3)12-7(8)9-10-11-12/h5-6H,4H2,1-3H3,(H2,8,9,11). The van der Waals surface area contributed by atoms with Crippen molar-refractivity contribution in [2.45, 2.75) is 33.2 Å². The Labute approximate surface area is 71.9 Å². The first-order valence-electron chi connectivity index (χ1n) is 4.20. The van der Waals surface area contributed by atoms with Gasteiger partial charge < -0.3 is 5.73 Å². The molecule has 1 heterocycles. The SMILES string of the molecule is CCC(C(C)C)n1nnnc1N. The van der Waals surface area contributed by atoms with Gasteiger partial charge in [0.2, 0.25) is 5.95 Å². The number of hydrogen-bond donors (Lipinski definition) is 1. The second kappa shape index (κ2) is 3.51. The van der Waals surface area contributed by atoms with E-state index in [9.17, 15) is 0 Å². The summed E-state index contributed by atoms with van der Waals surface area (Å²) >= 11 is 0. The molecule has 12 heavy (non-hydrogen) atoms. The van der Waals surface area contributed by atoms with Crippen LogP contribution in [-0.2, 0) is 0 Å². The molecule has 0 fully saturated rings. The summed E-state index contributed by atoms with van der Waals surface area (Å²) in [5.41, 5.74) is 5.58. The average molecular weight is 169 g/mol. The van der Waals surface area contributed by atoms with E-state index < -0.39 is 0 Å². The molecule has 0 radical (unpaired) electrons. The van der Waals surface area contributed by atoms with Gasteiger partial charge in [-0.15, -0.1) is 0 Å². The van der Waals surface area contributed by atoms with E-state index in [1.54, 1.807) is 4.68 Å². The fourth-order valence-electron chi connectivity index (χ4n) is 1.36. The predicted octanol–water partition coefficient (Wildman–Crippen LogP) is 0.862. The third-order valence-electron chi connectivity index (χ3n) is 2.02. The lowest BCUT2D eigenvalue weighted by molar-refractivity contribution is 0.334. The summed E-state index contributed by atoms with van der Waals surface area (Å²) in [6.07, 6.45) is 0.993. The molecule has 0 saturated heterocycles. The Bertz CT molecular complexity index is 242. The average Bonchev–Trinajstić information content (AvgIpc) is 2.38. The van der Waals surface area contributed by atoms with Crippen LogP contribution in [0.4, 0.5) is 5.95 Å². The molecule has 0 aliphatic heterocycles. The number of rotatable bonds is 3. The van der Waals surface area contributed by atoms with Gasteiger partial charge in [0, 0.05) is 0 Å². The normalized spacial score (nSPS) is 13.7. The van der Waals surface area contributed by atoms with Gasteiger partial charge in [0.15, 0.2) is 0 Å². The van der Waals surface area contributed by atoms with Crippen molar-refractivity contribution in [3.8, 4) is 0 Å². The lowest BCUT2D eigenvalue weighted by atomic mass is 10.0. The van der Waals surface area contributed by atoms with E-state index >= 15 is 0 Å². The van der Waals surface area contributed by atoms with E-state index in [-0.39, 0.29) is 0 Å². The lowest BCUT2D eigenvalue weighted by Crippen LogP contribution is -2.17. The second-order valence-corrected chi connectivity index (χ2v) is 3.20. The van der Waals surface area contributed by atoms with Crippen LogP contribution in [0.15, 0.2) is 0 Å². The predicted molar refractivity (Wildman–Crippen MR) is 46.4 cm³/mol. The Hall–Kier alpha value is -1.13. The minimum atomic E-state index is 0.306. The number of hydrogen-bond acceptors (Lipinski definition) is 4. The van der Waals surface area contributed by atoms with Gasteiger partial charge in [-0.1, -0.05) is 25.9 Å². The van der Waals surface area contributed by atoms with Crippen molar-refractivity contribution in [2.75, 3.05) is 5.73 Å². The molecule has 1 aromatic heterocycles.